The number of fused-ring (bicyclic) bond motifs is 1. The molecule has 0 radical (unpaired) electrons. The molecule has 0 saturated carbocycles. The molecule has 0 saturated heterocycles. The van der Waals surface area contributed by atoms with Gasteiger partial charge in [-0.15, -0.1) is 11.6 Å². The molecular weight excluding hydrogens is 281 g/mol. The zero-order chi connectivity index (χ0) is 14.2. The highest BCUT2D eigenvalue weighted by molar-refractivity contribution is 6.20. The molecule has 2 heterocycles. The van der Waals surface area contributed by atoms with Gasteiger partial charge in [-0.25, -0.2) is 9.50 Å². The molecule has 0 spiro atoms. The van der Waals surface area contributed by atoms with Gasteiger partial charge in [0.05, 0.1) is 0 Å². The number of nitrogens with zero attached hydrogens (tertiary/aromatic N) is 4. The molecule has 0 aliphatic carbocycles. The standard InChI is InChI=1S/C11H12ClF3N4/c1-7(12)6-18(2)10-8-5-9(11(13,14)15)17-19(8)4-3-16-10/h3-5,7H,6H2,1-2H3. The number of alkyl halides is 4. The summed E-state index contributed by atoms with van der Waals surface area (Å²) in [4.78, 5) is 5.80. The number of aromatic nitrogens is 3. The molecule has 2 rings (SSSR count). The average molecular weight is 293 g/mol. The molecule has 0 aromatic carbocycles. The first-order valence-corrected chi connectivity index (χ1v) is 5.99. The van der Waals surface area contributed by atoms with Crippen molar-refractivity contribution in [2.45, 2.75) is 18.5 Å². The van der Waals surface area contributed by atoms with Crippen LogP contribution in [0, 0.1) is 0 Å². The monoisotopic (exact) mass is 292 g/mol. The third-order valence-corrected chi connectivity index (χ3v) is 2.68. The van der Waals surface area contributed by atoms with E-state index < -0.39 is 11.9 Å². The van der Waals surface area contributed by atoms with Crippen LogP contribution in [0.4, 0.5) is 19.0 Å². The summed E-state index contributed by atoms with van der Waals surface area (Å²) < 4.78 is 39.1. The first kappa shape index (κ1) is 13.9. The van der Waals surface area contributed by atoms with E-state index in [0.29, 0.717) is 17.9 Å². The summed E-state index contributed by atoms with van der Waals surface area (Å²) in [5.74, 6) is 0.415. The van der Waals surface area contributed by atoms with E-state index in [1.54, 1.807) is 18.9 Å². The van der Waals surface area contributed by atoms with Gasteiger partial charge in [-0.1, -0.05) is 0 Å². The SMILES string of the molecule is CC(Cl)CN(C)c1nccn2nc(C(F)(F)F)cc12. The predicted molar refractivity (Wildman–Crippen MR) is 66.6 cm³/mol. The third kappa shape index (κ3) is 2.91. The number of hydrogen-bond acceptors (Lipinski definition) is 3. The van der Waals surface area contributed by atoms with Crippen LogP contribution in [0.1, 0.15) is 12.6 Å². The van der Waals surface area contributed by atoms with Gasteiger partial charge in [-0.2, -0.15) is 18.3 Å². The molecule has 8 heteroatoms. The summed E-state index contributed by atoms with van der Waals surface area (Å²) >= 11 is 5.88. The van der Waals surface area contributed by atoms with Gasteiger partial charge in [0.1, 0.15) is 5.52 Å². The Morgan fingerprint density at radius 1 is 1.47 bits per heavy atom. The van der Waals surface area contributed by atoms with Gasteiger partial charge >= 0.3 is 6.18 Å². The zero-order valence-corrected chi connectivity index (χ0v) is 11.1. The molecule has 0 N–H and O–H groups in total. The van der Waals surface area contributed by atoms with E-state index in [1.807, 2.05) is 0 Å². The lowest BCUT2D eigenvalue weighted by atomic mass is 10.3. The topological polar surface area (TPSA) is 33.4 Å². The van der Waals surface area contributed by atoms with Crippen molar-refractivity contribution in [2.24, 2.45) is 0 Å². The van der Waals surface area contributed by atoms with Crippen molar-refractivity contribution in [1.82, 2.24) is 14.6 Å². The van der Waals surface area contributed by atoms with E-state index in [2.05, 4.69) is 10.1 Å². The second-order valence-electron chi connectivity index (χ2n) is 4.27. The van der Waals surface area contributed by atoms with Gasteiger partial charge in [0.2, 0.25) is 0 Å². The highest BCUT2D eigenvalue weighted by Crippen LogP contribution is 2.30. The van der Waals surface area contributed by atoms with Crippen LogP contribution in [0.3, 0.4) is 0 Å². The minimum atomic E-state index is -4.47. The largest absolute Gasteiger partial charge is 0.435 e. The molecule has 104 valence electrons. The Kier molecular flexibility index (Phi) is 3.58. The third-order valence-electron chi connectivity index (χ3n) is 2.55. The fourth-order valence-corrected chi connectivity index (χ4v) is 2.01. The number of halogens is 4. The first-order chi connectivity index (χ1) is 8.79. The molecule has 0 fully saturated rings. The predicted octanol–water partition coefficient (Wildman–Crippen LogP) is 2.81. The van der Waals surface area contributed by atoms with E-state index in [1.165, 1.54) is 16.9 Å². The second kappa shape index (κ2) is 4.88. The number of rotatable bonds is 3. The summed E-state index contributed by atoms with van der Waals surface area (Å²) in [6, 6.07) is 0.984. The van der Waals surface area contributed by atoms with Crippen LogP contribution < -0.4 is 4.90 Å². The smallest absolute Gasteiger partial charge is 0.356 e. The zero-order valence-electron chi connectivity index (χ0n) is 10.3. The lowest BCUT2D eigenvalue weighted by molar-refractivity contribution is -0.141. The molecule has 0 bridgehead atoms. The van der Waals surface area contributed by atoms with Crippen LogP contribution in [0.15, 0.2) is 18.5 Å². The van der Waals surface area contributed by atoms with Gasteiger partial charge in [-0.05, 0) is 6.92 Å². The summed E-state index contributed by atoms with van der Waals surface area (Å²) in [6.07, 6.45) is -1.68. The Morgan fingerprint density at radius 2 is 2.16 bits per heavy atom. The van der Waals surface area contributed by atoms with E-state index in [-0.39, 0.29) is 5.38 Å². The van der Waals surface area contributed by atoms with Crippen LogP contribution in [-0.4, -0.2) is 33.6 Å². The molecule has 2 aromatic heterocycles. The molecule has 1 atom stereocenters. The first-order valence-electron chi connectivity index (χ1n) is 5.56. The minimum Gasteiger partial charge on any atom is -0.356 e. The van der Waals surface area contributed by atoms with E-state index in [9.17, 15) is 13.2 Å². The van der Waals surface area contributed by atoms with Gasteiger partial charge in [0, 0.05) is 37.4 Å². The molecule has 2 aromatic rings. The highest BCUT2D eigenvalue weighted by atomic mass is 35.5. The Bertz CT molecular complexity index is 579. The molecule has 0 aliphatic rings. The maximum absolute atomic E-state index is 12.6. The van der Waals surface area contributed by atoms with Gasteiger partial charge in [-0.3, -0.25) is 0 Å². The quantitative estimate of drug-likeness (QED) is 0.816. The highest BCUT2D eigenvalue weighted by Gasteiger charge is 2.34. The van der Waals surface area contributed by atoms with Crippen LogP contribution in [0.5, 0.6) is 0 Å². The van der Waals surface area contributed by atoms with Crippen molar-refractivity contribution in [3.05, 3.63) is 24.2 Å². The number of anilines is 1. The average Bonchev–Trinajstić information content (AvgIpc) is 2.70. The van der Waals surface area contributed by atoms with E-state index in [4.69, 9.17) is 11.6 Å². The molecule has 1 unspecified atom stereocenters. The Morgan fingerprint density at radius 3 is 2.74 bits per heavy atom. The van der Waals surface area contributed by atoms with Gasteiger partial charge < -0.3 is 4.90 Å². The van der Waals surface area contributed by atoms with Gasteiger partial charge in [0.15, 0.2) is 11.5 Å². The molecule has 0 aliphatic heterocycles. The minimum absolute atomic E-state index is 0.142. The van der Waals surface area contributed by atoms with Crippen molar-refractivity contribution in [1.29, 1.82) is 0 Å². The Labute approximate surface area is 112 Å². The van der Waals surface area contributed by atoms with Gasteiger partial charge in [0.25, 0.3) is 0 Å². The van der Waals surface area contributed by atoms with E-state index in [0.717, 1.165) is 6.07 Å². The molecule has 4 nitrogen and oxygen atoms in total. The van der Waals surface area contributed by atoms with E-state index >= 15 is 0 Å². The fraction of sp³-hybridized carbons (Fsp3) is 0.455. The molecular formula is C11H12ClF3N4. The number of hydrogen-bond donors (Lipinski definition) is 0. The summed E-state index contributed by atoms with van der Waals surface area (Å²) in [6.45, 7) is 2.27. The van der Waals surface area contributed by atoms with Crippen LogP contribution >= 0.6 is 11.6 Å². The van der Waals surface area contributed by atoms with Crippen LogP contribution in [-0.2, 0) is 6.18 Å². The molecule has 0 amide bonds. The fourth-order valence-electron chi connectivity index (χ4n) is 1.80. The van der Waals surface area contributed by atoms with Crippen molar-refractivity contribution < 1.29 is 13.2 Å². The normalized spacial score (nSPS) is 13.8. The van der Waals surface area contributed by atoms with Crippen LogP contribution in [0.25, 0.3) is 5.52 Å². The Balaban J connectivity index is 2.48. The maximum atomic E-state index is 12.6. The maximum Gasteiger partial charge on any atom is 0.435 e. The summed E-state index contributed by atoms with van der Waals surface area (Å²) in [5.41, 5.74) is -0.635. The van der Waals surface area contributed by atoms with Crippen molar-refractivity contribution in [3.63, 3.8) is 0 Å². The van der Waals surface area contributed by atoms with Crippen LogP contribution in [0.2, 0.25) is 0 Å². The Hall–Kier alpha value is -1.50. The summed E-state index contributed by atoms with van der Waals surface area (Å²) in [5, 5.41) is 3.36. The second-order valence-corrected chi connectivity index (χ2v) is 5.01. The van der Waals surface area contributed by atoms with Crippen molar-refractivity contribution in [3.8, 4) is 0 Å². The summed E-state index contributed by atoms with van der Waals surface area (Å²) in [7, 11) is 1.72. The van der Waals surface area contributed by atoms with Crippen molar-refractivity contribution >= 4 is 22.9 Å². The lowest BCUT2D eigenvalue weighted by Gasteiger charge is -2.19. The molecule has 19 heavy (non-hydrogen) atoms. The van der Waals surface area contributed by atoms with Crippen molar-refractivity contribution in [2.75, 3.05) is 18.5 Å². The lowest BCUT2D eigenvalue weighted by Crippen LogP contribution is -2.25.